The molecule has 34 heavy (non-hydrogen) atoms. The number of piperidine rings is 1. The van der Waals surface area contributed by atoms with Crippen LogP contribution in [0.5, 0.6) is 0 Å². The SMILES string of the molecule is CC(C)NC(=O)N1CCC(C(NS(=O)(=O)c2ccccc2)C(=O)NCc2ccc(F)cc2)CC1. The molecule has 2 aromatic carbocycles. The summed E-state index contributed by atoms with van der Waals surface area (Å²) in [5, 5.41) is 5.62. The molecule has 1 aliphatic heterocycles. The fourth-order valence-corrected chi connectivity index (χ4v) is 5.16. The van der Waals surface area contributed by atoms with Gasteiger partial charge in [-0.2, -0.15) is 4.72 Å². The molecule has 0 saturated carbocycles. The van der Waals surface area contributed by atoms with E-state index in [-0.39, 0.29) is 35.2 Å². The van der Waals surface area contributed by atoms with Crippen LogP contribution in [-0.2, 0) is 21.4 Å². The third kappa shape index (κ3) is 7.01. The van der Waals surface area contributed by atoms with Crippen LogP contribution in [-0.4, -0.2) is 50.4 Å². The van der Waals surface area contributed by atoms with Crippen LogP contribution < -0.4 is 15.4 Å². The largest absolute Gasteiger partial charge is 0.351 e. The minimum Gasteiger partial charge on any atom is -0.351 e. The molecule has 0 bridgehead atoms. The summed E-state index contributed by atoms with van der Waals surface area (Å²) in [7, 11) is -3.94. The van der Waals surface area contributed by atoms with Crippen molar-refractivity contribution in [1.82, 2.24) is 20.3 Å². The van der Waals surface area contributed by atoms with Gasteiger partial charge in [0, 0.05) is 25.7 Å². The molecule has 1 saturated heterocycles. The van der Waals surface area contributed by atoms with Crippen molar-refractivity contribution in [2.24, 2.45) is 5.92 Å². The Morgan fingerprint density at radius 3 is 2.24 bits per heavy atom. The summed E-state index contributed by atoms with van der Waals surface area (Å²) < 4.78 is 41.7. The molecule has 3 N–H and O–H groups in total. The molecule has 184 valence electrons. The van der Waals surface area contributed by atoms with Gasteiger partial charge in [-0.05, 0) is 62.4 Å². The number of nitrogens with one attached hydrogen (secondary N) is 3. The molecule has 1 aliphatic rings. The molecule has 0 aromatic heterocycles. The molecule has 0 spiro atoms. The van der Waals surface area contributed by atoms with Crippen LogP contribution in [0.2, 0.25) is 0 Å². The van der Waals surface area contributed by atoms with E-state index in [1.54, 1.807) is 35.2 Å². The second-order valence-corrected chi connectivity index (χ2v) is 10.4. The number of amides is 3. The Bertz CT molecular complexity index is 1070. The second-order valence-electron chi connectivity index (χ2n) is 8.68. The Hall–Kier alpha value is -2.98. The minimum atomic E-state index is -3.94. The Kier molecular flexibility index (Phi) is 8.62. The molecule has 1 unspecified atom stereocenters. The van der Waals surface area contributed by atoms with Crippen molar-refractivity contribution in [3.05, 3.63) is 66.0 Å². The molecule has 1 fully saturated rings. The normalized spacial score (nSPS) is 15.7. The third-order valence-corrected chi connectivity index (χ3v) is 7.17. The number of sulfonamides is 1. The Morgan fingerprint density at radius 2 is 1.65 bits per heavy atom. The lowest BCUT2D eigenvalue weighted by atomic mass is 9.89. The monoisotopic (exact) mass is 490 g/mol. The van der Waals surface area contributed by atoms with Gasteiger partial charge in [-0.3, -0.25) is 4.79 Å². The second kappa shape index (κ2) is 11.4. The van der Waals surface area contributed by atoms with Crippen LogP contribution in [0, 0.1) is 11.7 Å². The third-order valence-electron chi connectivity index (χ3n) is 5.71. The Morgan fingerprint density at radius 1 is 1.03 bits per heavy atom. The van der Waals surface area contributed by atoms with Crippen LogP contribution in [0.15, 0.2) is 59.5 Å². The van der Waals surface area contributed by atoms with Gasteiger partial charge in [0.2, 0.25) is 15.9 Å². The van der Waals surface area contributed by atoms with Crippen LogP contribution in [0.25, 0.3) is 0 Å². The molecule has 1 heterocycles. The van der Waals surface area contributed by atoms with Crippen molar-refractivity contribution in [1.29, 1.82) is 0 Å². The van der Waals surface area contributed by atoms with E-state index in [4.69, 9.17) is 0 Å². The Labute approximate surface area is 200 Å². The summed E-state index contributed by atoms with van der Waals surface area (Å²) in [6.07, 6.45) is 0.939. The summed E-state index contributed by atoms with van der Waals surface area (Å²) in [6, 6.07) is 12.4. The molecule has 3 amide bonds. The lowest BCUT2D eigenvalue weighted by Crippen LogP contribution is -2.54. The fourth-order valence-electron chi connectivity index (χ4n) is 3.87. The minimum absolute atomic E-state index is 0.00731. The number of nitrogens with zero attached hydrogens (tertiary/aromatic N) is 1. The van der Waals surface area contributed by atoms with Gasteiger partial charge in [0.1, 0.15) is 11.9 Å². The van der Waals surface area contributed by atoms with Crippen molar-refractivity contribution in [2.75, 3.05) is 13.1 Å². The highest BCUT2D eigenvalue weighted by Crippen LogP contribution is 2.23. The topological polar surface area (TPSA) is 108 Å². The zero-order valence-corrected chi connectivity index (χ0v) is 20.1. The zero-order chi connectivity index (χ0) is 24.7. The van der Waals surface area contributed by atoms with Gasteiger partial charge in [-0.25, -0.2) is 17.6 Å². The van der Waals surface area contributed by atoms with Gasteiger partial charge < -0.3 is 15.5 Å². The number of hydrogen-bond acceptors (Lipinski definition) is 4. The van der Waals surface area contributed by atoms with E-state index in [1.165, 1.54) is 24.3 Å². The van der Waals surface area contributed by atoms with E-state index in [2.05, 4.69) is 15.4 Å². The predicted molar refractivity (Wildman–Crippen MR) is 127 cm³/mol. The molecule has 10 heteroatoms. The zero-order valence-electron chi connectivity index (χ0n) is 19.3. The highest BCUT2D eigenvalue weighted by Gasteiger charge is 2.35. The maximum Gasteiger partial charge on any atom is 0.317 e. The van der Waals surface area contributed by atoms with Crippen LogP contribution >= 0.6 is 0 Å². The summed E-state index contributed by atoms with van der Waals surface area (Å²) in [4.78, 5) is 27.2. The number of likely N-dealkylation sites (tertiary alicyclic amines) is 1. The van der Waals surface area contributed by atoms with Crippen molar-refractivity contribution >= 4 is 22.0 Å². The first-order valence-electron chi connectivity index (χ1n) is 11.3. The van der Waals surface area contributed by atoms with Crippen molar-refractivity contribution in [3.63, 3.8) is 0 Å². The maximum atomic E-state index is 13.2. The van der Waals surface area contributed by atoms with E-state index in [9.17, 15) is 22.4 Å². The number of hydrogen-bond donors (Lipinski definition) is 3. The van der Waals surface area contributed by atoms with Crippen LogP contribution in [0.3, 0.4) is 0 Å². The summed E-state index contributed by atoms with van der Waals surface area (Å²) in [6.45, 7) is 4.73. The summed E-state index contributed by atoms with van der Waals surface area (Å²) >= 11 is 0. The number of halogens is 1. The average molecular weight is 491 g/mol. The van der Waals surface area contributed by atoms with Crippen molar-refractivity contribution in [2.45, 2.75) is 50.2 Å². The average Bonchev–Trinajstić information content (AvgIpc) is 2.82. The quantitative estimate of drug-likeness (QED) is 0.529. The van der Waals surface area contributed by atoms with Gasteiger partial charge in [-0.15, -0.1) is 0 Å². The summed E-state index contributed by atoms with van der Waals surface area (Å²) in [5.74, 6) is -1.14. The first-order valence-corrected chi connectivity index (χ1v) is 12.8. The predicted octanol–water partition coefficient (Wildman–Crippen LogP) is 2.62. The van der Waals surface area contributed by atoms with E-state index in [0.717, 1.165) is 0 Å². The van der Waals surface area contributed by atoms with Gasteiger partial charge in [-0.1, -0.05) is 30.3 Å². The van der Waals surface area contributed by atoms with Gasteiger partial charge in [0.05, 0.1) is 4.90 Å². The molecular weight excluding hydrogens is 459 g/mol. The fraction of sp³-hybridized carbons (Fsp3) is 0.417. The van der Waals surface area contributed by atoms with E-state index in [0.29, 0.717) is 31.5 Å². The van der Waals surface area contributed by atoms with Gasteiger partial charge >= 0.3 is 6.03 Å². The van der Waals surface area contributed by atoms with E-state index in [1.807, 2.05) is 13.8 Å². The van der Waals surface area contributed by atoms with Crippen molar-refractivity contribution in [3.8, 4) is 0 Å². The number of benzene rings is 2. The molecule has 0 aliphatic carbocycles. The molecule has 8 nitrogen and oxygen atoms in total. The number of rotatable bonds is 8. The van der Waals surface area contributed by atoms with E-state index < -0.39 is 22.0 Å². The number of carbonyl (C=O) groups is 2. The Balaban J connectivity index is 1.73. The molecule has 0 radical (unpaired) electrons. The molecule has 1 atom stereocenters. The van der Waals surface area contributed by atoms with E-state index >= 15 is 0 Å². The first-order chi connectivity index (χ1) is 16.2. The summed E-state index contributed by atoms with van der Waals surface area (Å²) in [5.41, 5.74) is 0.694. The smallest absolute Gasteiger partial charge is 0.317 e. The van der Waals surface area contributed by atoms with Gasteiger partial charge in [0.25, 0.3) is 0 Å². The lowest BCUT2D eigenvalue weighted by molar-refractivity contribution is -0.124. The first kappa shape index (κ1) is 25.6. The molecule has 2 aromatic rings. The molecule has 3 rings (SSSR count). The van der Waals surface area contributed by atoms with Crippen molar-refractivity contribution < 1.29 is 22.4 Å². The number of urea groups is 1. The van der Waals surface area contributed by atoms with Gasteiger partial charge in [0.15, 0.2) is 0 Å². The highest BCUT2D eigenvalue weighted by atomic mass is 32.2. The highest BCUT2D eigenvalue weighted by molar-refractivity contribution is 7.89. The maximum absolute atomic E-state index is 13.2. The molecular formula is C24H31FN4O4S. The standard InChI is InChI=1S/C24H31FN4O4S/c1-17(2)27-24(31)29-14-12-19(13-15-29)22(28-34(32,33)21-6-4-3-5-7-21)23(30)26-16-18-8-10-20(25)11-9-18/h3-11,17,19,22,28H,12-16H2,1-2H3,(H,26,30)(H,27,31). The van der Waals surface area contributed by atoms with Crippen LogP contribution in [0.4, 0.5) is 9.18 Å². The van der Waals surface area contributed by atoms with Crippen LogP contribution in [0.1, 0.15) is 32.3 Å². The number of carbonyl (C=O) groups excluding carboxylic acids is 2. The lowest BCUT2D eigenvalue weighted by Gasteiger charge is -2.36.